The standard InChI is InChI=1S/C18H25ClN2O4/c1-4-25-18(23)13-7-9-21(10-8-13)17(22)12(2)20-14-5-6-16(24-3)15(19)11-14/h5-6,11-13,20H,4,7-10H2,1-3H3/t12-/m0/s1. The van der Waals surface area contributed by atoms with Crippen molar-refractivity contribution >= 4 is 29.2 Å². The molecule has 0 radical (unpaired) electrons. The number of amides is 1. The van der Waals surface area contributed by atoms with E-state index in [4.69, 9.17) is 21.1 Å². The van der Waals surface area contributed by atoms with Crippen LogP contribution in [0.15, 0.2) is 18.2 Å². The number of esters is 1. The molecule has 0 aliphatic carbocycles. The summed E-state index contributed by atoms with van der Waals surface area (Å²) in [5, 5.41) is 3.65. The van der Waals surface area contributed by atoms with Crippen LogP contribution in [0.2, 0.25) is 5.02 Å². The molecule has 1 aliphatic heterocycles. The molecule has 6 nitrogen and oxygen atoms in total. The molecule has 2 rings (SSSR count). The summed E-state index contributed by atoms with van der Waals surface area (Å²) < 4.78 is 10.2. The molecule has 1 fully saturated rings. The molecule has 1 atom stereocenters. The largest absolute Gasteiger partial charge is 0.495 e. The van der Waals surface area contributed by atoms with Crippen LogP contribution in [0.25, 0.3) is 0 Å². The monoisotopic (exact) mass is 368 g/mol. The number of methoxy groups -OCH3 is 1. The van der Waals surface area contributed by atoms with Gasteiger partial charge in [0.25, 0.3) is 0 Å². The Hall–Kier alpha value is -1.95. The van der Waals surface area contributed by atoms with E-state index < -0.39 is 0 Å². The van der Waals surface area contributed by atoms with Crippen molar-refractivity contribution < 1.29 is 19.1 Å². The second-order valence-corrected chi connectivity index (χ2v) is 6.47. The molecule has 0 unspecified atom stereocenters. The van der Waals surface area contributed by atoms with Crippen LogP contribution in [-0.4, -0.2) is 49.6 Å². The predicted molar refractivity (Wildman–Crippen MR) is 97.0 cm³/mol. The first-order valence-electron chi connectivity index (χ1n) is 8.51. The van der Waals surface area contributed by atoms with Crippen molar-refractivity contribution in [1.82, 2.24) is 4.90 Å². The van der Waals surface area contributed by atoms with Gasteiger partial charge in [0.2, 0.25) is 5.91 Å². The number of hydrogen-bond donors (Lipinski definition) is 1. The minimum Gasteiger partial charge on any atom is -0.495 e. The topological polar surface area (TPSA) is 67.9 Å². The zero-order chi connectivity index (χ0) is 18.4. The summed E-state index contributed by atoms with van der Waals surface area (Å²) in [6.45, 7) is 5.14. The molecule has 0 saturated carbocycles. The average Bonchev–Trinajstić information content (AvgIpc) is 2.61. The van der Waals surface area contributed by atoms with Crippen LogP contribution in [0, 0.1) is 5.92 Å². The zero-order valence-electron chi connectivity index (χ0n) is 14.9. The van der Waals surface area contributed by atoms with Crippen molar-refractivity contribution in [2.24, 2.45) is 5.92 Å². The molecular weight excluding hydrogens is 344 g/mol. The summed E-state index contributed by atoms with van der Waals surface area (Å²) in [6.07, 6.45) is 1.29. The number of carbonyl (C=O) groups is 2. The summed E-state index contributed by atoms with van der Waals surface area (Å²) in [5.74, 6) is 0.336. The Morgan fingerprint density at radius 1 is 1.36 bits per heavy atom. The molecule has 1 saturated heterocycles. The molecule has 1 aromatic carbocycles. The second-order valence-electron chi connectivity index (χ2n) is 6.07. The van der Waals surface area contributed by atoms with E-state index in [1.165, 1.54) is 0 Å². The number of likely N-dealkylation sites (tertiary alicyclic amines) is 1. The molecule has 1 amide bonds. The fourth-order valence-corrected chi connectivity index (χ4v) is 3.20. The molecule has 0 spiro atoms. The summed E-state index contributed by atoms with van der Waals surface area (Å²) in [6, 6.07) is 4.93. The number of rotatable bonds is 6. The van der Waals surface area contributed by atoms with Crippen molar-refractivity contribution in [1.29, 1.82) is 0 Å². The molecular formula is C18H25ClN2O4. The summed E-state index contributed by atoms with van der Waals surface area (Å²) in [5.41, 5.74) is 0.757. The smallest absolute Gasteiger partial charge is 0.309 e. The Bertz CT molecular complexity index is 615. The highest BCUT2D eigenvalue weighted by Crippen LogP contribution is 2.27. The number of carbonyl (C=O) groups excluding carboxylic acids is 2. The van der Waals surface area contributed by atoms with E-state index in [9.17, 15) is 9.59 Å². The molecule has 1 aliphatic rings. The fourth-order valence-electron chi connectivity index (χ4n) is 2.94. The van der Waals surface area contributed by atoms with Crippen molar-refractivity contribution in [3.05, 3.63) is 23.2 Å². The molecule has 138 valence electrons. The second kappa shape index (κ2) is 8.94. The number of piperidine rings is 1. The highest BCUT2D eigenvalue weighted by atomic mass is 35.5. The van der Waals surface area contributed by atoms with Crippen LogP contribution in [0.3, 0.4) is 0 Å². The zero-order valence-corrected chi connectivity index (χ0v) is 15.6. The van der Waals surface area contributed by atoms with Crippen molar-refractivity contribution in [3.63, 3.8) is 0 Å². The van der Waals surface area contributed by atoms with Gasteiger partial charge in [-0.25, -0.2) is 0 Å². The lowest BCUT2D eigenvalue weighted by Crippen LogP contribution is -2.46. The number of nitrogens with one attached hydrogen (secondary N) is 1. The first-order chi connectivity index (χ1) is 12.0. The third-order valence-electron chi connectivity index (χ3n) is 4.33. The summed E-state index contributed by atoms with van der Waals surface area (Å²) >= 11 is 6.11. The minimum atomic E-state index is -0.386. The molecule has 1 heterocycles. The van der Waals surface area contributed by atoms with E-state index in [1.54, 1.807) is 31.1 Å². The van der Waals surface area contributed by atoms with Gasteiger partial charge in [-0.2, -0.15) is 0 Å². The first kappa shape index (κ1) is 19.4. The minimum absolute atomic E-state index is 0.00856. The number of hydrogen-bond acceptors (Lipinski definition) is 5. The maximum atomic E-state index is 12.6. The van der Waals surface area contributed by atoms with E-state index in [0.717, 1.165) is 5.69 Å². The number of halogens is 1. The molecule has 25 heavy (non-hydrogen) atoms. The van der Waals surface area contributed by atoms with Gasteiger partial charge in [0.1, 0.15) is 11.8 Å². The highest BCUT2D eigenvalue weighted by Gasteiger charge is 2.30. The molecule has 7 heteroatoms. The molecule has 0 aromatic heterocycles. The third-order valence-corrected chi connectivity index (χ3v) is 4.63. The van der Waals surface area contributed by atoms with Gasteiger partial charge in [-0.05, 0) is 44.9 Å². The van der Waals surface area contributed by atoms with Gasteiger partial charge in [0.05, 0.1) is 24.7 Å². The van der Waals surface area contributed by atoms with Gasteiger partial charge in [-0.15, -0.1) is 0 Å². The van der Waals surface area contributed by atoms with Crippen LogP contribution < -0.4 is 10.1 Å². The number of nitrogens with zero attached hydrogens (tertiary/aromatic N) is 1. The highest BCUT2D eigenvalue weighted by molar-refractivity contribution is 6.32. The quantitative estimate of drug-likeness (QED) is 0.782. The van der Waals surface area contributed by atoms with E-state index in [0.29, 0.717) is 43.3 Å². The summed E-state index contributed by atoms with van der Waals surface area (Å²) in [7, 11) is 1.56. The van der Waals surface area contributed by atoms with Crippen LogP contribution in [-0.2, 0) is 14.3 Å². The van der Waals surface area contributed by atoms with Crippen molar-refractivity contribution in [2.45, 2.75) is 32.7 Å². The number of anilines is 1. The Morgan fingerprint density at radius 3 is 2.60 bits per heavy atom. The Balaban J connectivity index is 1.88. The van der Waals surface area contributed by atoms with E-state index in [1.807, 2.05) is 13.0 Å². The Kier molecular flexibility index (Phi) is 6.93. The average molecular weight is 369 g/mol. The third kappa shape index (κ3) is 5.01. The predicted octanol–water partition coefficient (Wildman–Crippen LogP) is 2.95. The van der Waals surface area contributed by atoms with E-state index in [-0.39, 0.29) is 23.8 Å². The van der Waals surface area contributed by atoms with Gasteiger partial charge in [0, 0.05) is 18.8 Å². The normalized spacial score (nSPS) is 16.2. The Morgan fingerprint density at radius 2 is 2.04 bits per heavy atom. The van der Waals surface area contributed by atoms with Gasteiger partial charge < -0.3 is 19.7 Å². The van der Waals surface area contributed by atoms with Crippen LogP contribution in [0.4, 0.5) is 5.69 Å². The van der Waals surface area contributed by atoms with Crippen molar-refractivity contribution in [2.75, 3.05) is 32.1 Å². The van der Waals surface area contributed by atoms with Gasteiger partial charge in [-0.1, -0.05) is 11.6 Å². The van der Waals surface area contributed by atoms with Crippen molar-refractivity contribution in [3.8, 4) is 5.75 Å². The van der Waals surface area contributed by atoms with Gasteiger partial charge in [0.15, 0.2) is 0 Å². The Labute approximate surface area is 153 Å². The number of ether oxygens (including phenoxy) is 2. The molecule has 0 bridgehead atoms. The lowest BCUT2D eigenvalue weighted by molar-refractivity contribution is -0.151. The van der Waals surface area contributed by atoms with E-state index in [2.05, 4.69) is 5.32 Å². The fraction of sp³-hybridized carbons (Fsp3) is 0.556. The maximum absolute atomic E-state index is 12.6. The molecule has 1 aromatic rings. The van der Waals surface area contributed by atoms with Crippen LogP contribution in [0.5, 0.6) is 5.75 Å². The summed E-state index contributed by atoms with van der Waals surface area (Å²) in [4.78, 5) is 26.2. The first-order valence-corrected chi connectivity index (χ1v) is 8.89. The van der Waals surface area contributed by atoms with Gasteiger partial charge in [-0.3, -0.25) is 9.59 Å². The maximum Gasteiger partial charge on any atom is 0.309 e. The number of benzene rings is 1. The molecule has 1 N–H and O–H groups in total. The lowest BCUT2D eigenvalue weighted by Gasteiger charge is -2.33. The van der Waals surface area contributed by atoms with Gasteiger partial charge >= 0.3 is 5.97 Å². The SMILES string of the molecule is CCOC(=O)C1CCN(C(=O)[C@H](C)Nc2ccc(OC)c(Cl)c2)CC1. The van der Waals surface area contributed by atoms with E-state index >= 15 is 0 Å². The van der Waals surface area contributed by atoms with Crippen LogP contribution in [0.1, 0.15) is 26.7 Å². The lowest BCUT2D eigenvalue weighted by atomic mass is 9.96. The van der Waals surface area contributed by atoms with Crippen LogP contribution >= 0.6 is 11.6 Å².